The lowest BCUT2D eigenvalue weighted by molar-refractivity contribution is -0.129. The van der Waals surface area contributed by atoms with Gasteiger partial charge in [0.2, 0.25) is 5.91 Å². The van der Waals surface area contributed by atoms with Crippen molar-refractivity contribution < 1.29 is 4.79 Å². The van der Waals surface area contributed by atoms with E-state index < -0.39 is 0 Å². The molecule has 0 spiro atoms. The summed E-state index contributed by atoms with van der Waals surface area (Å²) in [5.74, 6) is 1.13. The van der Waals surface area contributed by atoms with Gasteiger partial charge < -0.3 is 4.90 Å². The highest BCUT2D eigenvalue weighted by atomic mass is 32.1. The second-order valence-electron chi connectivity index (χ2n) is 5.07. The smallest absolute Gasteiger partial charge is 0.241 e. The van der Waals surface area contributed by atoms with E-state index in [1.807, 2.05) is 17.9 Å². The fraction of sp³-hybridized carbons (Fsp3) is 0.615. The van der Waals surface area contributed by atoms with Crippen molar-refractivity contribution in [1.29, 1.82) is 0 Å². The largest absolute Gasteiger partial charge is 0.321 e. The molecule has 2 atom stereocenters. The average Bonchev–Trinajstić information content (AvgIpc) is 2.90. The van der Waals surface area contributed by atoms with Crippen LogP contribution in [0.2, 0.25) is 0 Å². The van der Waals surface area contributed by atoms with Crippen molar-refractivity contribution in [3.05, 3.63) is 22.4 Å². The molecule has 0 aromatic carbocycles. The van der Waals surface area contributed by atoms with Crippen LogP contribution in [0.1, 0.15) is 37.2 Å². The minimum atomic E-state index is -0.0405. The van der Waals surface area contributed by atoms with Crippen molar-refractivity contribution in [2.75, 3.05) is 6.54 Å². The fourth-order valence-electron chi connectivity index (χ4n) is 2.42. The summed E-state index contributed by atoms with van der Waals surface area (Å²) in [6, 6.07) is 4.12. The summed E-state index contributed by atoms with van der Waals surface area (Å²) in [5.41, 5.74) is 0. The van der Waals surface area contributed by atoms with Crippen LogP contribution in [0, 0.1) is 5.92 Å². The SMILES string of the molecule is CC1NC(c2cccs2)N(CCC2CC2)C1=O. The summed E-state index contributed by atoms with van der Waals surface area (Å²) >= 11 is 1.72. The minimum Gasteiger partial charge on any atom is -0.321 e. The van der Waals surface area contributed by atoms with Crippen LogP contribution < -0.4 is 5.32 Å². The lowest BCUT2D eigenvalue weighted by atomic mass is 10.2. The maximum atomic E-state index is 12.1. The van der Waals surface area contributed by atoms with Gasteiger partial charge in [0, 0.05) is 11.4 Å². The maximum Gasteiger partial charge on any atom is 0.241 e. The third-order valence-electron chi connectivity index (χ3n) is 3.66. The van der Waals surface area contributed by atoms with Crippen LogP contribution in [0.25, 0.3) is 0 Å². The van der Waals surface area contributed by atoms with Crippen LogP contribution in [0.3, 0.4) is 0 Å². The van der Waals surface area contributed by atoms with Gasteiger partial charge in [-0.25, -0.2) is 0 Å². The van der Waals surface area contributed by atoms with Crippen LogP contribution in [0.4, 0.5) is 0 Å². The highest BCUT2D eigenvalue weighted by Crippen LogP contribution is 2.35. The van der Waals surface area contributed by atoms with E-state index in [2.05, 4.69) is 16.8 Å². The van der Waals surface area contributed by atoms with Crippen LogP contribution >= 0.6 is 11.3 Å². The second kappa shape index (κ2) is 4.42. The van der Waals surface area contributed by atoms with Gasteiger partial charge in [0.05, 0.1) is 6.04 Å². The summed E-state index contributed by atoms with van der Waals surface area (Å²) in [6.07, 6.45) is 3.99. The number of carbonyl (C=O) groups is 1. The molecular weight excluding hydrogens is 232 g/mol. The molecule has 4 heteroatoms. The molecule has 2 fully saturated rings. The van der Waals surface area contributed by atoms with E-state index in [9.17, 15) is 4.79 Å². The molecule has 1 aliphatic carbocycles. The first-order chi connectivity index (χ1) is 8.25. The molecule has 3 rings (SSSR count). The highest BCUT2D eigenvalue weighted by molar-refractivity contribution is 7.10. The zero-order chi connectivity index (χ0) is 11.8. The zero-order valence-electron chi connectivity index (χ0n) is 10.1. The first kappa shape index (κ1) is 11.2. The van der Waals surface area contributed by atoms with Crippen LogP contribution in [-0.4, -0.2) is 23.4 Å². The zero-order valence-corrected chi connectivity index (χ0v) is 10.9. The van der Waals surface area contributed by atoms with Crippen molar-refractivity contribution in [2.45, 2.75) is 38.4 Å². The molecule has 1 aliphatic heterocycles. The molecule has 2 aliphatic rings. The highest BCUT2D eigenvalue weighted by Gasteiger charge is 2.38. The van der Waals surface area contributed by atoms with Gasteiger partial charge in [0.15, 0.2) is 0 Å². The van der Waals surface area contributed by atoms with Crippen molar-refractivity contribution in [2.24, 2.45) is 5.92 Å². The predicted octanol–water partition coefficient (Wildman–Crippen LogP) is 2.37. The Kier molecular flexibility index (Phi) is 2.92. The van der Waals surface area contributed by atoms with Gasteiger partial charge in [0.25, 0.3) is 0 Å². The Balaban J connectivity index is 1.73. The standard InChI is InChI=1S/C13H18N2OS/c1-9-13(16)15(7-6-10-4-5-10)12(14-9)11-3-2-8-17-11/h2-3,8-10,12,14H,4-7H2,1H3. The Bertz CT molecular complexity index is 400. The number of hydrogen-bond acceptors (Lipinski definition) is 3. The van der Waals surface area contributed by atoms with Crippen LogP contribution in [0.15, 0.2) is 17.5 Å². The maximum absolute atomic E-state index is 12.1. The van der Waals surface area contributed by atoms with E-state index in [-0.39, 0.29) is 18.1 Å². The predicted molar refractivity (Wildman–Crippen MR) is 68.7 cm³/mol. The molecule has 1 amide bonds. The second-order valence-corrected chi connectivity index (χ2v) is 6.05. The molecule has 0 bridgehead atoms. The molecule has 1 saturated carbocycles. The van der Waals surface area contributed by atoms with Gasteiger partial charge in [0.1, 0.15) is 6.17 Å². The van der Waals surface area contributed by atoms with Gasteiger partial charge in [-0.1, -0.05) is 18.9 Å². The summed E-state index contributed by atoms with van der Waals surface area (Å²) < 4.78 is 0. The lowest BCUT2D eigenvalue weighted by Crippen LogP contribution is -2.31. The Labute approximate surface area is 106 Å². The summed E-state index contributed by atoms with van der Waals surface area (Å²) in [6.45, 7) is 2.86. The molecule has 1 N–H and O–H groups in total. The monoisotopic (exact) mass is 250 g/mol. The molecule has 0 radical (unpaired) electrons. The third-order valence-corrected chi connectivity index (χ3v) is 4.59. The Morgan fingerprint density at radius 2 is 2.35 bits per heavy atom. The van der Waals surface area contributed by atoms with E-state index in [0.29, 0.717) is 0 Å². The molecule has 92 valence electrons. The number of thiophene rings is 1. The van der Waals surface area contributed by atoms with Crippen molar-refractivity contribution in [1.82, 2.24) is 10.2 Å². The Morgan fingerprint density at radius 3 is 3.00 bits per heavy atom. The van der Waals surface area contributed by atoms with E-state index >= 15 is 0 Å². The molecule has 3 nitrogen and oxygen atoms in total. The molecular formula is C13H18N2OS. The molecule has 2 unspecified atom stereocenters. The molecule has 2 heterocycles. The number of nitrogens with zero attached hydrogens (tertiary/aromatic N) is 1. The molecule has 1 aromatic rings. The van der Waals surface area contributed by atoms with Crippen LogP contribution in [0.5, 0.6) is 0 Å². The van der Waals surface area contributed by atoms with E-state index in [1.165, 1.54) is 24.1 Å². The van der Waals surface area contributed by atoms with Gasteiger partial charge >= 0.3 is 0 Å². The van der Waals surface area contributed by atoms with E-state index in [0.717, 1.165) is 12.5 Å². The van der Waals surface area contributed by atoms with Gasteiger partial charge in [-0.3, -0.25) is 10.1 Å². The summed E-state index contributed by atoms with van der Waals surface area (Å²) in [4.78, 5) is 15.4. The Hall–Kier alpha value is -0.870. The third kappa shape index (κ3) is 2.24. The number of amides is 1. The normalized spacial score (nSPS) is 29.0. The quantitative estimate of drug-likeness (QED) is 0.889. The number of rotatable bonds is 4. The van der Waals surface area contributed by atoms with Gasteiger partial charge in [-0.2, -0.15) is 0 Å². The average molecular weight is 250 g/mol. The summed E-state index contributed by atoms with van der Waals surface area (Å²) in [7, 11) is 0. The van der Waals surface area contributed by atoms with Crippen molar-refractivity contribution in [3.8, 4) is 0 Å². The Morgan fingerprint density at radius 1 is 1.53 bits per heavy atom. The van der Waals surface area contributed by atoms with E-state index in [4.69, 9.17) is 0 Å². The van der Waals surface area contributed by atoms with Crippen LogP contribution in [-0.2, 0) is 4.79 Å². The molecule has 17 heavy (non-hydrogen) atoms. The van der Waals surface area contributed by atoms with Crippen molar-refractivity contribution >= 4 is 17.2 Å². The van der Waals surface area contributed by atoms with Gasteiger partial charge in [-0.15, -0.1) is 11.3 Å². The molecule has 1 aromatic heterocycles. The fourth-order valence-corrected chi connectivity index (χ4v) is 3.22. The van der Waals surface area contributed by atoms with Gasteiger partial charge in [-0.05, 0) is 30.7 Å². The van der Waals surface area contributed by atoms with Crippen molar-refractivity contribution in [3.63, 3.8) is 0 Å². The first-order valence-electron chi connectivity index (χ1n) is 6.35. The number of nitrogens with one attached hydrogen (secondary N) is 1. The summed E-state index contributed by atoms with van der Waals surface area (Å²) in [5, 5.41) is 5.46. The van der Waals surface area contributed by atoms with E-state index in [1.54, 1.807) is 11.3 Å². The number of hydrogen-bond donors (Lipinski definition) is 1. The topological polar surface area (TPSA) is 32.3 Å². The number of carbonyl (C=O) groups excluding carboxylic acids is 1. The molecule has 1 saturated heterocycles. The lowest BCUT2D eigenvalue weighted by Gasteiger charge is -2.23. The first-order valence-corrected chi connectivity index (χ1v) is 7.23. The minimum absolute atomic E-state index is 0.0405.